The van der Waals surface area contributed by atoms with Crippen molar-refractivity contribution in [3.8, 4) is 22.6 Å². The van der Waals surface area contributed by atoms with E-state index in [1.807, 2.05) is 24.3 Å². The van der Waals surface area contributed by atoms with Crippen molar-refractivity contribution < 1.29 is 9.84 Å². The van der Waals surface area contributed by atoms with Crippen molar-refractivity contribution >= 4 is 23.2 Å². The van der Waals surface area contributed by atoms with Crippen LogP contribution in [-0.2, 0) is 0 Å². The number of aromatic hydroxyl groups is 1. The number of phenolic OH excluding ortho intramolecular Hbond substituents is 1. The first-order chi connectivity index (χ1) is 10.6. The lowest BCUT2D eigenvalue weighted by atomic mass is 10.1. The van der Waals surface area contributed by atoms with E-state index in [2.05, 4.69) is 4.98 Å². The molecule has 0 saturated carbocycles. The molecular weight excluding hydrogens is 321 g/mol. The average Bonchev–Trinajstić information content (AvgIpc) is 2.52. The molecule has 2 aromatic rings. The van der Waals surface area contributed by atoms with Crippen molar-refractivity contribution in [2.75, 3.05) is 0 Å². The van der Waals surface area contributed by atoms with Crippen molar-refractivity contribution in [3.05, 3.63) is 65.7 Å². The van der Waals surface area contributed by atoms with Crippen molar-refractivity contribution in [2.24, 2.45) is 0 Å². The van der Waals surface area contributed by atoms with Crippen molar-refractivity contribution in [3.63, 3.8) is 0 Å². The zero-order valence-corrected chi connectivity index (χ0v) is 13.1. The van der Waals surface area contributed by atoms with Crippen LogP contribution in [0.3, 0.4) is 0 Å². The number of halogens is 2. The fourth-order valence-corrected chi connectivity index (χ4v) is 2.70. The van der Waals surface area contributed by atoms with E-state index in [0.717, 1.165) is 11.1 Å². The molecule has 1 atom stereocenters. The molecule has 22 heavy (non-hydrogen) atoms. The number of hydrogen-bond acceptors (Lipinski definition) is 3. The highest BCUT2D eigenvalue weighted by atomic mass is 35.5. The smallest absolute Gasteiger partial charge is 0.169 e. The average molecular weight is 334 g/mol. The summed E-state index contributed by atoms with van der Waals surface area (Å²) in [7, 11) is 0. The minimum atomic E-state index is -0.124. The second kappa shape index (κ2) is 6.42. The van der Waals surface area contributed by atoms with E-state index in [1.165, 1.54) is 0 Å². The molecule has 1 unspecified atom stereocenters. The summed E-state index contributed by atoms with van der Waals surface area (Å²) >= 11 is 12.1. The number of allylic oxidation sites excluding steroid dienone is 3. The van der Waals surface area contributed by atoms with Gasteiger partial charge in [0.1, 0.15) is 5.76 Å². The largest absolute Gasteiger partial charge is 0.504 e. The Labute approximate surface area is 138 Å². The highest BCUT2D eigenvalue weighted by molar-refractivity contribution is 6.33. The van der Waals surface area contributed by atoms with E-state index in [0.29, 0.717) is 23.0 Å². The first-order valence-corrected chi connectivity index (χ1v) is 7.58. The predicted octanol–water partition coefficient (Wildman–Crippen LogP) is 4.85. The Bertz CT molecular complexity index is 742. The molecule has 0 radical (unpaired) electrons. The van der Waals surface area contributed by atoms with E-state index in [-0.39, 0.29) is 11.1 Å². The molecule has 3 nitrogen and oxygen atoms in total. The lowest BCUT2D eigenvalue weighted by Crippen LogP contribution is -2.05. The maximum Gasteiger partial charge on any atom is 0.169 e. The van der Waals surface area contributed by atoms with Gasteiger partial charge in [-0.1, -0.05) is 23.7 Å². The Morgan fingerprint density at radius 1 is 1.23 bits per heavy atom. The van der Waals surface area contributed by atoms with Gasteiger partial charge >= 0.3 is 0 Å². The van der Waals surface area contributed by atoms with Gasteiger partial charge < -0.3 is 9.84 Å². The molecule has 1 aliphatic rings. The van der Waals surface area contributed by atoms with E-state index in [9.17, 15) is 5.11 Å². The quantitative estimate of drug-likeness (QED) is 0.816. The number of phenols is 1. The van der Waals surface area contributed by atoms with Gasteiger partial charge in [-0.3, -0.25) is 4.98 Å². The number of alkyl halides is 1. The van der Waals surface area contributed by atoms with Gasteiger partial charge in [-0.05, 0) is 42.3 Å². The highest BCUT2D eigenvalue weighted by Gasteiger charge is 2.16. The van der Waals surface area contributed by atoms with Crippen LogP contribution in [0.15, 0.2) is 65.7 Å². The Morgan fingerprint density at radius 2 is 2.09 bits per heavy atom. The minimum absolute atomic E-state index is 0.0414. The third-order valence-electron chi connectivity index (χ3n) is 3.26. The summed E-state index contributed by atoms with van der Waals surface area (Å²) in [6.45, 7) is 0. The lowest BCUT2D eigenvalue weighted by Gasteiger charge is -2.16. The van der Waals surface area contributed by atoms with Gasteiger partial charge in [-0.2, -0.15) is 0 Å². The maximum atomic E-state index is 10.2. The standard InChI is InChI=1S/C17H13Cl2NO2/c18-13-4-6-16(14(19)9-13)22-17-5-3-11(8-15(17)21)12-2-1-7-20-10-12/h1-3,5-10,13,21H,4H2. The molecule has 1 aliphatic carbocycles. The van der Waals surface area contributed by atoms with Gasteiger partial charge in [0.25, 0.3) is 0 Å². The van der Waals surface area contributed by atoms with Crippen LogP contribution >= 0.6 is 23.2 Å². The van der Waals surface area contributed by atoms with Crippen molar-refractivity contribution in [1.29, 1.82) is 0 Å². The first-order valence-electron chi connectivity index (χ1n) is 6.76. The van der Waals surface area contributed by atoms with Crippen LogP contribution in [0.1, 0.15) is 6.42 Å². The molecule has 0 saturated heterocycles. The summed E-state index contributed by atoms with van der Waals surface area (Å²) in [5.74, 6) is 0.890. The molecule has 1 heterocycles. The van der Waals surface area contributed by atoms with Gasteiger partial charge in [0, 0.05) is 18.0 Å². The van der Waals surface area contributed by atoms with Crippen LogP contribution < -0.4 is 4.74 Å². The summed E-state index contributed by atoms with van der Waals surface area (Å²) in [4.78, 5) is 4.06. The summed E-state index contributed by atoms with van der Waals surface area (Å²) in [5, 5.41) is 10.5. The number of aromatic nitrogens is 1. The fourth-order valence-electron chi connectivity index (χ4n) is 2.15. The third kappa shape index (κ3) is 3.26. The van der Waals surface area contributed by atoms with Crippen LogP contribution in [0.4, 0.5) is 0 Å². The van der Waals surface area contributed by atoms with E-state index >= 15 is 0 Å². The molecule has 0 amide bonds. The molecule has 1 aromatic carbocycles. The van der Waals surface area contributed by atoms with Gasteiger partial charge in [-0.25, -0.2) is 0 Å². The first kappa shape index (κ1) is 14.9. The Balaban J connectivity index is 1.83. The zero-order chi connectivity index (χ0) is 15.5. The number of nitrogens with zero attached hydrogens (tertiary/aromatic N) is 1. The van der Waals surface area contributed by atoms with Gasteiger partial charge in [0.15, 0.2) is 11.5 Å². The lowest BCUT2D eigenvalue weighted by molar-refractivity contribution is 0.388. The monoisotopic (exact) mass is 333 g/mol. The molecule has 1 aromatic heterocycles. The molecule has 5 heteroatoms. The molecule has 1 N–H and O–H groups in total. The third-order valence-corrected chi connectivity index (χ3v) is 3.88. The molecule has 3 rings (SSSR count). The second-order valence-electron chi connectivity index (χ2n) is 4.86. The maximum absolute atomic E-state index is 10.2. The molecular formula is C17H13Cl2NO2. The highest BCUT2D eigenvalue weighted by Crippen LogP contribution is 2.35. The Morgan fingerprint density at radius 3 is 2.77 bits per heavy atom. The van der Waals surface area contributed by atoms with Crippen LogP contribution in [0, 0.1) is 0 Å². The number of pyridine rings is 1. The number of rotatable bonds is 3. The summed E-state index contributed by atoms with van der Waals surface area (Å²) in [5.41, 5.74) is 1.78. The second-order valence-corrected chi connectivity index (χ2v) is 5.83. The Kier molecular flexibility index (Phi) is 4.36. The minimum Gasteiger partial charge on any atom is -0.504 e. The van der Waals surface area contributed by atoms with Crippen LogP contribution in [0.25, 0.3) is 11.1 Å². The molecule has 0 aliphatic heterocycles. The Hall–Kier alpha value is -1.97. The van der Waals surface area contributed by atoms with Crippen LogP contribution in [0.2, 0.25) is 0 Å². The topological polar surface area (TPSA) is 42.4 Å². The van der Waals surface area contributed by atoms with Crippen molar-refractivity contribution in [1.82, 2.24) is 4.98 Å². The molecule has 0 spiro atoms. The van der Waals surface area contributed by atoms with E-state index < -0.39 is 0 Å². The summed E-state index contributed by atoms with van der Waals surface area (Å²) < 4.78 is 5.67. The zero-order valence-electron chi connectivity index (χ0n) is 11.5. The van der Waals surface area contributed by atoms with Gasteiger partial charge in [0.2, 0.25) is 0 Å². The summed E-state index contributed by atoms with van der Waals surface area (Å²) in [6.07, 6.45) is 7.61. The van der Waals surface area contributed by atoms with Gasteiger partial charge in [0.05, 0.1) is 10.4 Å². The normalized spacial score (nSPS) is 17.6. The SMILES string of the molecule is Oc1cc(-c2cccnc2)ccc1OC1=CCC(Cl)C=C1Cl. The number of hydrogen-bond donors (Lipinski definition) is 1. The van der Waals surface area contributed by atoms with Crippen LogP contribution in [-0.4, -0.2) is 15.5 Å². The predicted molar refractivity (Wildman–Crippen MR) is 88.2 cm³/mol. The van der Waals surface area contributed by atoms with E-state index in [1.54, 1.807) is 30.6 Å². The van der Waals surface area contributed by atoms with E-state index in [4.69, 9.17) is 27.9 Å². The molecule has 0 bridgehead atoms. The number of ether oxygens (including phenoxy) is 1. The number of benzene rings is 1. The molecule has 112 valence electrons. The van der Waals surface area contributed by atoms with Crippen molar-refractivity contribution in [2.45, 2.75) is 11.8 Å². The van der Waals surface area contributed by atoms with Gasteiger partial charge in [-0.15, -0.1) is 11.6 Å². The molecule has 0 fully saturated rings. The van der Waals surface area contributed by atoms with Crippen LogP contribution in [0.5, 0.6) is 11.5 Å². The summed E-state index contributed by atoms with van der Waals surface area (Å²) in [6, 6.07) is 8.97. The fraction of sp³-hybridized carbons (Fsp3) is 0.118.